The first-order chi connectivity index (χ1) is 19.1. The molecule has 2 aromatic heterocycles. The van der Waals surface area contributed by atoms with Crippen LogP contribution in [0.3, 0.4) is 0 Å². The average molecular weight is 570 g/mol. The maximum Gasteiger partial charge on any atom is 0.406 e. The van der Waals surface area contributed by atoms with Crippen LogP contribution in [0.5, 0.6) is 5.88 Å². The number of alkyl halides is 3. The lowest BCUT2D eigenvalue weighted by Gasteiger charge is -2.26. The number of anilines is 3. The van der Waals surface area contributed by atoms with E-state index in [0.29, 0.717) is 17.0 Å². The first-order valence-electron chi connectivity index (χ1n) is 12.0. The first kappa shape index (κ1) is 28.7. The highest BCUT2D eigenvalue weighted by Crippen LogP contribution is 2.35. The third-order valence-corrected chi connectivity index (χ3v) is 5.72. The smallest absolute Gasteiger partial charge is 0.406 e. The van der Waals surface area contributed by atoms with Gasteiger partial charge in [0.15, 0.2) is 0 Å². The Labute approximate surface area is 230 Å². The molecule has 4 aromatic rings. The monoisotopic (exact) mass is 569 g/mol. The topological polar surface area (TPSA) is 127 Å². The summed E-state index contributed by atoms with van der Waals surface area (Å²) in [5, 5.41) is 12.4. The lowest BCUT2D eigenvalue weighted by molar-refractivity contribution is -0.118. The molecule has 0 saturated heterocycles. The summed E-state index contributed by atoms with van der Waals surface area (Å²) in [6, 6.07) is 15.7. The molecule has 0 spiro atoms. The molecule has 208 valence electrons. The van der Waals surface area contributed by atoms with Crippen molar-refractivity contribution in [3.63, 3.8) is 0 Å². The van der Waals surface area contributed by atoms with Crippen LogP contribution in [-0.2, 0) is 11.1 Å². The zero-order valence-corrected chi connectivity index (χ0v) is 22.3. The van der Waals surface area contributed by atoms with E-state index in [4.69, 9.17) is 13.5 Å². The predicted octanol–water partition coefficient (Wildman–Crippen LogP) is 5.34. The van der Waals surface area contributed by atoms with E-state index < -0.39 is 23.8 Å². The Bertz CT molecular complexity index is 1550. The Kier molecular flexibility index (Phi) is 8.81. The van der Waals surface area contributed by atoms with Crippen LogP contribution < -0.4 is 15.0 Å². The van der Waals surface area contributed by atoms with Crippen LogP contribution in [0.2, 0.25) is 0 Å². The third-order valence-electron chi connectivity index (χ3n) is 5.72. The second-order valence-corrected chi connectivity index (χ2v) is 9.64. The lowest BCUT2D eigenvalue weighted by Crippen LogP contribution is -2.30. The van der Waals surface area contributed by atoms with E-state index in [0.717, 1.165) is 40.6 Å². The quantitative estimate of drug-likeness (QED) is 0.293. The van der Waals surface area contributed by atoms with Crippen LogP contribution >= 0.6 is 0 Å². The standard InChI is InChI=1S/C26H21F3N6O.CH4O2S/c1-31-24-14-32-23-11-17(4-9-22(23)34-24)16-2-5-19(6-3-16)35(15-26(27,28)29)20-10-18(12-30)25(33-13-20)36-21-7-8-21;1-4(2)3/h2-6,9-11,13-14,21H,7-8,15H2,1H3,(H,31,34);1H3,(H,2,3)/p-1. The van der Waals surface area contributed by atoms with Gasteiger partial charge in [0.1, 0.15) is 30.1 Å². The molecule has 0 bridgehead atoms. The third kappa shape index (κ3) is 7.64. The molecule has 40 heavy (non-hydrogen) atoms. The van der Waals surface area contributed by atoms with Gasteiger partial charge in [0, 0.05) is 12.7 Å². The van der Waals surface area contributed by atoms with E-state index >= 15 is 0 Å². The second kappa shape index (κ2) is 12.3. The number of hydrogen-bond acceptors (Lipinski definition) is 9. The second-order valence-electron chi connectivity index (χ2n) is 8.83. The molecule has 1 saturated carbocycles. The summed E-state index contributed by atoms with van der Waals surface area (Å²) < 4.78 is 64.1. The lowest BCUT2D eigenvalue weighted by atomic mass is 10.0. The zero-order valence-electron chi connectivity index (χ0n) is 21.5. The number of nitrogens with zero attached hydrogens (tertiary/aromatic N) is 5. The van der Waals surface area contributed by atoms with E-state index in [9.17, 15) is 18.4 Å². The van der Waals surface area contributed by atoms with Gasteiger partial charge in [-0.25, -0.2) is 9.97 Å². The fraction of sp³-hybridized carbons (Fsp3) is 0.259. The van der Waals surface area contributed by atoms with Crippen molar-refractivity contribution in [2.45, 2.75) is 25.1 Å². The Morgan fingerprint density at radius 3 is 2.35 bits per heavy atom. The van der Waals surface area contributed by atoms with Crippen LogP contribution in [0.25, 0.3) is 22.2 Å². The van der Waals surface area contributed by atoms with E-state index in [-0.39, 0.29) is 23.2 Å². The van der Waals surface area contributed by atoms with E-state index in [2.05, 4.69) is 20.3 Å². The summed E-state index contributed by atoms with van der Waals surface area (Å²) in [5.74, 6) is 0.804. The molecule has 0 radical (unpaired) electrons. The Balaban J connectivity index is 0.000000867. The summed E-state index contributed by atoms with van der Waals surface area (Å²) in [6.45, 7) is -1.24. The number of aromatic nitrogens is 3. The fourth-order valence-electron chi connectivity index (χ4n) is 3.76. The van der Waals surface area contributed by atoms with Crippen molar-refractivity contribution in [3.05, 3.63) is 66.5 Å². The summed E-state index contributed by atoms with van der Waals surface area (Å²) in [4.78, 5) is 14.1. The molecular weight excluding hydrogens is 545 g/mol. The van der Waals surface area contributed by atoms with E-state index in [1.165, 1.54) is 12.3 Å². The highest BCUT2D eigenvalue weighted by Gasteiger charge is 2.32. The number of benzene rings is 2. The molecule has 2 aromatic carbocycles. The highest BCUT2D eigenvalue weighted by molar-refractivity contribution is 7.78. The van der Waals surface area contributed by atoms with Gasteiger partial charge < -0.3 is 19.5 Å². The molecular formula is C27H24F3N6O3S-. The normalized spacial score (nSPS) is 13.5. The molecule has 2 heterocycles. The van der Waals surface area contributed by atoms with Crippen molar-refractivity contribution in [2.24, 2.45) is 0 Å². The minimum atomic E-state index is -4.47. The molecule has 1 unspecified atom stereocenters. The van der Waals surface area contributed by atoms with Gasteiger partial charge in [0.05, 0.1) is 29.1 Å². The molecule has 1 aliphatic rings. The van der Waals surface area contributed by atoms with Crippen molar-refractivity contribution in [3.8, 4) is 23.1 Å². The number of rotatable bonds is 7. The van der Waals surface area contributed by atoms with Gasteiger partial charge in [-0.15, -0.1) is 0 Å². The molecule has 1 aliphatic carbocycles. The van der Waals surface area contributed by atoms with Crippen LogP contribution in [0, 0.1) is 11.3 Å². The number of nitriles is 1. The van der Waals surface area contributed by atoms with E-state index in [1.807, 2.05) is 24.3 Å². The molecule has 13 heteroatoms. The first-order valence-corrected chi connectivity index (χ1v) is 13.5. The molecule has 1 fully saturated rings. The minimum absolute atomic E-state index is 0.0146. The Morgan fingerprint density at radius 2 is 1.75 bits per heavy atom. The van der Waals surface area contributed by atoms with Gasteiger partial charge in [-0.3, -0.25) is 9.19 Å². The van der Waals surface area contributed by atoms with Crippen molar-refractivity contribution >= 4 is 39.3 Å². The molecule has 1 atom stereocenters. The molecule has 5 rings (SSSR count). The Hall–Kier alpha value is -4.28. The summed E-state index contributed by atoms with van der Waals surface area (Å²) in [5.41, 5.74) is 3.68. The number of fused-ring (bicyclic) bond motifs is 1. The molecule has 0 aliphatic heterocycles. The largest absolute Gasteiger partial charge is 0.773 e. The van der Waals surface area contributed by atoms with Gasteiger partial charge in [-0.2, -0.15) is 18.4 Å². The summed E-state index contributed by atoms with van der Waals surface area (Å²) in [6.07, 6.45) is 1.32. The zero-order chi connectivity index (χ0) is 28.9. The van der Waals surface area contributed by atoms with Crippen molar-refractivity contribution < 1.29 is 26.7 Å². The van der Waals surface area contributed by atoms with Gasteiger partial charge >= 0.3 is 6.18 Å². The van der Waals surface area contributed by atoms with Crippen LogP contribution in [-0.4, -0.2) is 55.8 Å². The van der Waals surface area contributed by atoms with Crippen LogP contribution in [0.4, 0.5) is 30.4 Å². The predicted molar refractivity (Wildman–Crippen MR) is 145 cm³/mol. The van der Waals surface area contributed by atoms with Gasteiger partial charge in [-0.1, -0.05) is 29.3 Å². The number of ether oxygens (including phenoxy) is 1. The van der Waals surface area contributed by atoms with Crippen molar-refractivity contribution in [1.82, 2.24) is 15.0 Å². The SMILES string of the molecule is CNc1cnc2cc(-c3ccc(N(CC(F)(F)F)c4cnc(OC5CC5)c(C#N)c4)cc3)ccc2n1.CS(=O)[O-]. The van der Waals surface area contributed by atoms with Crippen molar-refractivity contribution in [1.29, 1.82) is 5.26 Å². The number of nitrogens with one attached hydrogen (secondary N) is 1. The molecule has 0 amide bonds. The summed E-state index contributed by atoms with van der Waals surface area (Å²) >= 11 is -1.86. The van der Waals surface area contributed by atoms with Gasteiger partial charge in [-0.05, 0) is 60.6 Å². The molecule has 1 N–H and O–H groups in total. The number of pyridine rings is 1. The Morgan fingerprint density at radius 1 is 1.07 bits per heavy atom. The summed E-state index contributed by atoms with van der Waals surface area (Å²) in [7, 11) is 1.77. The van der Waals surface area contributed by atoms with Crippen LogP contribution in [0.15, 0.2) is 60.9 Å². The fourth-order valence-corrected chi connectivity index (χ4v) is 3.76. The van der Waals surface area contributed by atoms with Crippen molar-refractivity contribution in [2.75, 3.05) is 30.1 Å². The maximum atomic E-state index is 13.5. The van der Waals surface area contributed by atoms with Gasteiger partial charge in [0.2, 0.25) is 5.88 Å². The molecule has 9 nitrogen and oxygen atoms in total. The van der Waals surface area contributed by atoms with Gasteiger partial charge in [0.25, 0.3) is 0 Å². The number of halogens is 3. The average Bonchev–Trinajstić information content (AvgIpc) is 3.75. The minimum Gasteiger partial charge on any atom is -0.773 e. The van der Waals surface area contributed by atoms with E-state index in [1.54, 1.807) is 37.5 Å². The van der Waals surface area contributed by atoms with Crippen LogP contribution in [0.1, 0.15) is 18.4 Å². The maximum absolute atomic E-state index is 13.5. The highest BCUT2D eigenvalue weighted by atomic mass is 32.2. The number of hydrogen-bond donors (Lipinski definition) is 1.